The SMILES string of the molecule is CC(C)Cn1ncc2cc(Oc3ccc(F)cc3)c(C(N)=O)cc21. The van der Waals surface area contributed by atoms with Crippen LogP contribution in [-0.4, -0.2) is 15.7 Å². The highest BCUT2D eigenvalue weighted by Crippen LogP contribution is 2.30. The van der Waals surface area contributed by atoms with E-state index in [1.54, 1.807) is 18.3 Å². The highest BCUT2D eigenvalue weighted by molar-refractivity contribution is 6.00. The van der Waals surface area contributed by atoms with Crippen molar-refractivity contribution in [2.45, 2.75) is 20.4 Å². The van der Waals surface area contributed by atoms with Crippen molar-refractivity contribution in [2.24, 2.45) is 11.7 Å². The molecule has 0 aliphatic carbocycles. The summed E-state index contributed by atoms with van der Waals surface area (Å²) >= 11 is 0. The maximum absolute atomic E-state index is 13.0. The van der Waals surface area contributed by atoms with Gasteiger partial charge in [-0.1, -0.05) is 13.8 Å². The number of carbonyl (C=O) groups excluding carboxylic acids is 1. The molecule has 0 radical (unpaired) electrons. The van der Waals surface area contributed by atoms with Crippen molar-refractivity contribution < 1.29 is 13.9 Å². The molecule has 0 unspecified atom stereocenters. The minimum atomic E-state index is -0.591. The van der Waals surface area contributed by atoms with E-state index < -0.39 is 5.91 Å². The zero-order chi connectivity index (χ0) is 17.3. The number of halogens is 1. The molecule has 0 spiro atoms. The fraction of sp³-hybridized carbons (Fsp3) is 0.222. The van der Waals surface area contributed by atoms with Gasteiger partial charge in [-0.3, -0.25) is 9.48 Å². The highest BCUT2D eigenvalue weighted by atomic mass is 19.1. The molecular formula is C18H18FN3O2. The summed E-state index contributed by atoms with van der Waals surface area (Å²) in [5, 5.41) is 5.20. The number of amides is 1. The number of ether oxygens (including phenoxy) is 1. The number of carbonyl (C=O) groups is 1. The zero-order valence-electron chi connectivity index (χ0n) is 13.5. The molecule has 1 heterocycles. The quantitative estimate of drug-likeness (QED) is 0.776. The Labute approximate surface area is 138 Å². The summed E-state index contributed by atoms with van der Waals surface area (Å²) in [6.45, 7) is 4.92. The second-order valence-corrected chi connectivity index (χ2v) is 6.05. The van der Waals surface area contributed by atoms with E-state index in [1.165, 1.54) is 24.3 Å². The number of nitrogens with zero attached hydrogens (tertiary/aromatic N) is 2. The molecule has 24 heavy (non-hydrogen) atoms. The van der Waals surface area contributed by atoms with E-state index in [9.17, 15) is 9.18 Å². The van der Waals surface area contributed by atoms with E-state index in [0.29, 0.717) is 17.4 Å². The summed E-state index contributed by atoms with van der Waals surface area (Å²) in [5.74, 6) is 0.216. The van der Waals surface area contributed by atoms with Gasteiger partial charge in [0.2, 0.25) is 0 Å². The lowest BCUT2D eigenvalue weighted by atomic mass is 10.1. The maximum atomic E-state index is 13.0. The first-order chi connectivity index (χ1) is 11.4. The fourth-order valence-electron chi connectivity index (χ4n) is 2.50. The highest BCUT2D eigenvalue weighted by Gasteiger charge is 2.15. The molecule has 0 bridgehead atoms. The first-order valence-electron chi connectivity index (χ1n) is 7.67. The largest absolute Gasteiger partial charge is 0.457 e. The smallest absolute Gasteiger partial charge is 0.252 e. The van der Waals surface area contributed by atoms with Crippen LogP contribution in [0.4, 0.5) is 4.39 Å². The van der Waals surface area contributed by atoms with Crippen LogP contribution in [0.25, 0.3) is 10.9 Å². The van der Waals surface area contributed by atoms with Gasteiger partial charge in [0.1, 0.15) is 17.3 Å². The summed E-state index contributed by atoms with van der Waals surface area (Å²) in [7, 11) is 0. The van der Waals surface area contributed by atoms with Crippen LogP contribution in [0.3, 0.4) is 0 Å². The Hall–Kier alpha value is -2.89. The molecule has 2 N–H and O–H groups in total. The van der Waals surface area contributed by atoms with Crippen LogP contribution in [0.1, 0.15) is 24.2 Å². The number of fused-ring (bicyclic) bond motifs is 1. The van der Waals surface area contributed by atoms with Crippen LogP contribution in [0.15, 0.2) is 42.6 Å². The lowest BCUT2D eigenvalue weighted by Crippen LogP contribution is -2.13. The third kappa shape index (κ3) is 3.22. The standard InChI is InChI=1S/C18H18FN3O2/c1-11(2)10-22-16-8-15(18(20)23)17(7-12(16)9-21-22)24-14-5-3-13(19)4-6-14/h3-9,11H,10H2,1-2H3,(H2,20,23). The third-order valence-electron chi connectivity index (χ3n) is 3.59. The lowest BCUT2D eigenvalue weighted by Gasteiger charge is -2.11. The summed E-state index contributed by atoms with van der Waals surface area (Å²) in [4.78, 5) is 11.8. The zero-order valence-corrected chi connectivity index (χ0v) is 13.5. The van der Waals surface area contributed by atoms with Gasteiger partial charge in [0.25, 0.3) is 5.91 Å². The Morgan fingerprint density at radius 1 is 1.29 bits per heavy atom. The summed E-state index contributed by atoms with van der Waals surface area (Å²) in [6.07, 6.45) is 1.72. The average molecular weight is 327 g/mol. The molecule has 6 heteroatoms. The lowest BCUT2D eigenvalue weighted by molar-refractivity contribution is 0.0998. The number of aromatic nitrogens is 2. The molecule has 3 rings (SSSR count). The number of hydrogen-bond donors (Lipinski definition) is 1. The number of rotatable bonds is 5. The molecule has 124 valence electrons. The van der Waals surface area contributed by atoms with Gasteiger partial charge in [-0.15, -0.1) is 0 Å². The summed E-state index contributed by atoms with van der Waals surface area (Å²) in [5.41, 5.74) is 6.58. The molecule has 1 amide bonds. The molecule has 5 nitrogen and oxygen atoms in total. The van der Waals surface area contributed by atoms with Gasteiger partial charge in [-0.05, 0) is 42.3 Å². The topological polar surface area (TPSA) is 70.1 Å². The molecule has 3 aromatic rings. The van der Waals surface area contributed by atoms with Crippen LogP contribution in [0.5, 0.6) is 11.5 Å². The Bertz CT molecular complexity index is 885. The van der Waals surface area contributed by atoms with E-state index in [2.05, 4.69) is 18.9 Å². The first-order valence-corrected chi connectivity index (χ1v) is 7.67. The Kier molecular flexibility index (Phi) is 4.20. The molecule has 0 atom stereocenters. The third-order valence-corrected chi connectivity index (χ3v) is 3.59. The second-order valence-electron chi connectivity index (χ2n) is 6.05. The Morgan fingerprint density at radius 3 is 2.62 bits per heavy atom. The van der Waals surface area contributed by atoms with Crippen molar-refractivity contribution in [3.8, 4) is 11.5 Å². The van der Waals surface area contributed by atoms with Crippen LogP contribution in [0, 0.1) is 11.7 Å². The van der Waals surface area contributed by atoms with E-state index in [4.69, 9.17) is 10.5 Å². The van der Waals surface area contributed by atoms with Crippen molar-refractivity contribution >= 4 is 16.8 Å². The maximum Gasteiger partial charge on any atom is 0.252 e. The van der Waals surface area contributed by atoms with Crippen LogP contribution < -0.4 is 10.5 Å². The van der Waals surface area contributed by atoms with Gasteiger partial charge in [0.05, 0.1) is 17.3 Å². The molecule has 0 aliphatic heterocycles. The number of hydrogen-bond acceptors (Lipinski definition) is 3. The first kappa shape index (κ1) is 16.0. The van der Waals surface area contributed by atoms with Gasteiger partial charge < -0.3 is 10.5 Å². The van der Waals surface area contributed by atoms with Crippen molar-refractivity contribution in [3.63, 3.8) is 0 Å². The predicted octanol–water partition coefficient (Wildman–Crippen LogP) is 3.72. The van der Waals surface area contributed by atoms with Gasteiger partial charge in [0.15, 0.2) is 0 Å². The van der Waals surface area contributed by atoms with Gasteiger partial charge in [-0.2, -0.15) is 5.10 Å². The van der Waals surface area contributed by atoms with Crippen molar-refractivity contribution in [3.05, 3.63) is 54.0 Å². The number of benzene rings is 2. The van der Waals surface area contributed by atoms with E-state index in [-0.39, 0.29) is 11.4 Å². The molecule has 0 saturated carbocycles. The average Bonchev–Trinajstić information content (AvgIpc) is 2.90. The van der Waals surface area contributed by atoms with Crippen LogP contribution >= 0.6 is 0 Å². The van der Waals surface area contributed by atoms with Gasteiger partial charge in [0, 0.05) is 11.9 Å². The van der Waals surface area contributed by atoms with Crippen molar-refractivity contribution in [1.29, 1.82) is 0 Å². The molecular weight excluding hydrogens is 309 g/mol. The van der Waals surface area contributed by atoms with Gasteiger partial charge >= 0.3 is 0 Å². The van der Waals surface area contributed by atoms with E-state index in [1.807, 2.05) is 4.68 Å². The molecule has 0 fully saturated rings. The van der Waals surface area contributed by atoms with E-state index in [0.717, 1.165) is 17.4 Å². The molecule has 0 saturated heterocycles. The number of primary amides is 1. The predicted molar refractivity (Wildman–Crippen MR) is 89.6 cm³/mol. The fourth-order valence-corrected chi connectivity index (χ4v) is 2.50. The Balaban J connectivity index is 2.05. The summed E-state index contributed by atoms with van der Waals surface area (Å²) in [6, 6.07) is 8.98. The molecule has 0 aliphatic rings. The minimum Gasteiger partial charge on any atom is -0.457 e. The minimum absolute atomic E-state index is 0.261. The number of nitrogens with two attached hydrogens (primary N) is 1. The van der Waals surface area contributed by atoms with Crippen molar-refractivity contribution in [1.82, 2.24) is 9.78 Å². The van der Waals surface area contributed by atoms with Crippen LogP contribution in [-0.2, 0) is 6.54 Å². The van der Waals surface area contributed by atoms with Crippen LogP contribution in [0.2, 0.25) is 0 Å². The van der Waals surface area contributed by atoms with Crippen molar-refractivity contribution in [2.75, 3.05) is 0 Å². The molecule has 1 aromatic heterocycles. The molecule has 2 aromatic carbocycles. The summed E-state index contributed by atoms with van der Waals surface area (Å²) < 4.78 is 20.6. The normalized spacial score (nSPS) is 11.2. The Morgan fingerprint density at radius 2 is 2.00 bits per heavy atom. The second kappa shape index (κ2) is 6.31. The monoisotopic (exact) mass is 327 g/mol. The van der Waals surface area contributed by atoms with E-state index >= 15 is 0 Å². The van der Waals surface area contributed by atoms with Gasteiger partial charge in [-0.25, -0.2) is 4.39 Å².